The molecule has 100 valence electrons. The number of amides is 2. The number of rotatable bonds is 1. The van der Waals surface area contributed by atoms with Gasteiger partial charge in [0, 0.05) is 23.9 Å². The summed E-state index contributed by atoms with van der Waals surface area (Å²) in [5.41, 5.74) is 1.26. The molecule has 1 aromatic rings. The van der Waals surface area contributed by atoms with Crippen molar-refractivity contribution in [2.45, 2.75) is 25.3 Å². The van der Waals surface area contributed by atoms with Crippen LogP contribution in [-0.4, -0.2) is 41.2 Å². The quantitative estimate of drug-likeness (QED) is 0.778. The fourth-order valence-corrected chi connectivity index (χ4v) is 4.10. The van der Waals surface area contributed by atoms with Gasteiger partial charge in [0.25, 0.3) is 0 Å². The number of hydrogen-bond acceptors (Lipinski definition) is 3. The second kappa shape index (κ2) is 4.07. The molecule has 1 unspecified atom stereocenters. The molecule has 0 bridgehead atoms. The molecule has 4 nitrogen and oxygen atoms in total. The molecular weight excluding hydrogens is 260 g/mol. The van der Waals surface area contributed by atoms with Gasteiger partial charge in [0.2, 0.25) is 11.8 Å². The van der Waals surface area contributed by atoms with Crippen LogP contribution >= 0.6 is 11.3 Å². The maximum Gasteiger partial charge on any atom is 0.242 e. The van der Waals surface area contributed by atoms with Gasteiger partial charge >= 0.3 is 0 Å². The van der Waals surface area contributed by atoms with Gasteiger partial charge in [-0.05, 0) is 36.3 Å². The molecule has 1 aliphatic carbocycles. The molecule has 0 radical (unpaired) electrons. The van der Waals surface area contributed by atoms with E-state index >= 15 is 0 Å². The summed E-state index contributed by atoms with van der Waals surface area (Å²) in [5.74, 6) is 0.502. The predicted octanol–water partition coefficient (Wildman–Crippen LogP) is 1.43. The highest BCUT2D eigenvalue weighted by Gasteiger charge is 2.42. The monoisotopic (exact) mass is 276 g/mol. The highest BCUT2D eigenvalue weighted by molar-refractivity contribution is 7.10. The molecule has 2 aliphatic heterocycles. The molecule has 1 saturated heterocycles. The molecule has 3 heterocycles. The zero-order chi connectivity index (χ0) is 13.0. The van der Waals surface area contributed by atoms with E-state index in [0.29, 0.717) is 6.54 Å². The Morgan fingerprint density at radius 3 is 3.00 bits per heavy atom. The summed E-state index contributed by atoms with van der Waals surface area (Å²) in [6.07, 6.45) is 2.97. The van der Waals surface area contributed by atoms with Crippen LogP contribution in [0.2, 0.25) is 0 Å². The first kappa shape index (κ1) is 11.5. The highest BCUT2D eigenvalue weighted by atomic mass is 32.1. The van der Waals surface area contributed by atoms with Crippen molar-refractivity contribution in [2.24, 2.45) is 5.92 Å². The van der Waals surface area contributed by atoms with Crippen molar-refractivity contribution in [3.63, 3.8) is 0 Å². The van der Waals surface area contributed by atoms with Crippen LogP contribution in [0.25, 0.3) is 0 Å². The number of nitrogens with zero attached hydrogens (tertiary/aromatic N) is 2. The second-order valence-corrected chi connectivity index (χ2v) is 6.65. The maximum atomic E-state index is 12.3. The van der Waals surface area contributed by atoms with Crippen molar-refractivity contribution in [1.29, 1.82) is 0 Å². The molecule has 5 heteroatoms. The van der Waals surface area contributed by atoms with Gasteiger partial charge in [0.1, 0.15) is 0 Å². The van der Waals surface area contributed by atoms with Crippen molar-refractivity contribution in [3.8, 4) is 0 Å². The van der Waals surface area contributed by atoms with Crippen LogP contribution < -0.4 is 0 Å². The fraction of sp³-hybridized carbons (Fsp3) is 0.571. The Morgan fingerprint density at radius 1 is 1.37 bits per heavy atom. The fourth-order valence-electron chi connectivity index (χ4n) is 3.18. The van der Waals surface area contributed by atoms with Crippen molar-refractivity contribution >= 4 is 23.2 Å². The summed E-state index contributed by atoms with van der Waals surface area (Å²) in [4.78, 5) is 29.6. The minimum absolute atomic E-state index is 0.0962. The van der Waals surface area contributed by atoms with Gasteiger partial charge < -0.3 is 9.80 Å². The maximum absolute atomic E-state index is 12.3. The molecule has 0 N–H and O–H groups in total. The Labute approximate surface area is 116 Å². The third-order valence-corrected chi connectivity index (χ3v) is 5.37. The predicted molar refractivity (Wildman–Crippen MR) is 71.8 cm³/mol. The average Bonchev–Trinajstić information content (AvgIpc) is 3.14. The number of hydrogen-bond donors (Lipinski definition) is 0. The molecule has 1 saturated carbocycles. The summed E-state index contributed by atoms with van der Waals surface area (Å²) in [6.45, 7) is 1.78. The van der Waals surface area contributed by atoms with Crippen molar-refractivity contribution in [3.05, 3.63) is 21.9 Å². The van der Waals surface area contributed by atoms with Crippen LogP contribution in [0.4, 0.5) is 0 Å². The molecule has 0 spiro atoms. The van der Waals surface area contributed by atoms with Crippen molar-refractivity contribution in [1.82, 2.24) is 9.80 Å². The lowest BCUT2D eigenvalue weighted by Gasteiger charge is -2.43. The molecule has 1 aromatic heterocycles. The van der Waals surface area contributed by atoms with Crippen LogP contribution in [0.15, 0.2) is 11.4 Å². The zero-order valence-electron chi connectivity index (χ0n) is 10.7. The lowest BCUT2D eigenvalue weighted by molar-refractivity contribution is -0.150. The number of carbonyl (C=O) groups is 2. The van der Waals surface area contributed by atoms with Crippen LogP contribution in [-0.2, 0) is 16.0 Å². The summed E-state index contributed by atoms with van der Waals surface area (Å²) >= 11 is 1.77. The molecular formula is C14H16N2O2S. The lowest BCUT2D eigenvalue weighted by Crippen LogP contribution is -2.55. The SMILES string of the molecule is O=C(C1CC1)N1CC(=O)N2CCc3sccc3C2C1. The Balaban J connectivity index is 1.63. The largest absolute Gasteiger partial charge is 0.332 e. The first-order valence-electron chi connectivity index (χ1n) is 6.88. The summed E-state index contributed by atoms with van der Waals surface area (Å²) in [6, 6.07) is 2.22. The Hall–Kier alpha value is -1.36. The highest BCUT2D eigenvalue weighted by Crippen LogP contribution is 2.38. The zero-order valence-corrected chi connectivity index (χ0v) is 11.5. The standard InChI is InChI=1S/C14H16N2O2S/c17-13-8-15(14(18)9-1-2-9)7-11-10-4-6-19-12(10)3-5-16(11)13/h4,6,9,11H,1-3,5,7-8H2. The molecule has 4 rings (SSSR count). The topological polar surface area (TPSA) is 40.6 Å². The summed E-state index contributed by atoms with van der Waals surface area (Å²) in [5, 5.41) is 2.10. The molecule has 1 atom stereocenters. The normalized spacial score (nSPS) is 26.1. The van der Waals surface area contributed by atoms with Crippen LogP contribution in [0.5, 0.6) is 0 Å². The number of fused-ring (bicyclic) bond motifs is 3. The number of carbonyl (C=O) groups excluding carboxylic acids is 2. The second-order valence-electron chi connectivity index (χ2n) is 5.65. The van der Waals surface area contributed by atoms with E-state index in [-0.39, 0.29) is 30.3 Å². The average molecular weight is 276 g/mol. The van der Waals surface area contributed by atoms with E-state index in [9.17, 15) is 9.59 Å². The smallest absolute Gasteiger partial charge is 0.242 e. The number of piperazine rings is 1. The molecule has 0 aromatic carbocycles. The first-order chi connectivity index (χ1) is 9.24. The van der Waals surface area contributed by atoms with Crippen LogP contribution in [0, 0.1) is 5.92 Å². The van der Waals surface area contributed by atoms with E-state index in [0.717, 1.165) is 25.8 Å². The molecule has 19 heavy (non-hydrogen) atoms. The van der Waals surface area contributed by atoms with E-state index < -0.39 is 0 Å². The first-order valence-corrected chi connectivity index (χ1v) is 7.76. The van der Waals surface area contributed by atoms with Gasteiger partial charge in [-0.1, -0.05) is 0 Å². The molecule has 3 aliphatic rings. The van der Waals surface area contributed by atoms with Crippen molar-refractivity contribution < 1.29 is 9.59 Å². The third kappa shape index (κ3) is 1.79. The van der Waals surface area contributed by atoms with E-state index in [1.165, 1.54) is 10.4 Å². The van der Waals surface area contributed by atoms with E-state index in [4.69, 9.17) is 0 Å². The molecule has 2 fully saturated rings. The lowest BCUT2D eigenvalue weighted by atomic mass is 9.97. The van der Waals surface area contributed by atoms with E-state index in [1.807, 2.05) is 4.90 Å². The Kier molecular flexibility index (Phi) is 2.45. The van der Waals surface area contributed by atoms with Crippen molar-refractivity contribution in [2.75, 3.05) is 19.6 Å². The van der Waals surface area contributed by atoms with Gasteiger partial charge in [-0.2, -0.15) is 0 Å². The third-order valence-electron chi connectivity index (χ3n) is 4.37. The van der Waals surface area contributed by atoms with Gasteiger partial charge in [0.05, 0.1) is 12.6 Å². The van der Waals surface area contributed by atoms with E-state index in [1.54, 1.807) is 16.2 Å². The van der Waals surface area contributed by atoms with Crippen LogP contribution in [0.3, 0.4) is 0 Å². The molecule has 2 amide bonds. The summed E-state index contributed by atoms with van der Waals surface area (Å²) < 4.78 is 0. The summed E-state index contributed by atoms with van der Waals surface area (Å²) in [7, 11) is 0. The number of thiophene rings is 1. The minimum Gasteiger partial charge on any atom is -0.332 e. The van der Waals surface area contributed by atoms with Gasteiger partial charge in [-0.15, -0.1) is 11.3 Å². The van der Waals surface area contributed by atoms with Crippen LogP contribution in [0.1, 0.15) is 29.3 Å². The van der Waals surface area contributed by atoms with Gasteiger partial charge in [-0.3, -0.25) is 9.59 Å². The van der Waals surface area contributed by atoms with Gasteiger partial charge in [0.15, 0.2) is 0 Å². The minimum atomic E-state index is 0.0962. The Morgan fingerprint density at radius 2 is 2.21 bits per heavy atom. The van der Waals surface area contributed by atoms with E-state index in [2.05, 4.69) is 11.4 Å². The Bertz CT molecular complexity index is 549. The van der Waals surface area contributed by atoms with Gasteiger partial charge in [-0.25, -0.2) is 0 Å².